The molecule has 1 fully saturated rings. The third-order valence-corrected chi connectivity index (χ3v) is 6.14. The van der Waals surface area contributed by atoms with Crippen LogP contribution >= 0.6 is 0 Å². The Morgan fingerprint density at radius 2 is 1.45 bits per heavy atom. The lowest BCUT2D eigenvalue weighted by atomic mass is 9.98. The highest BCUT2D eigenvalue weighted by Crippen LogP contribution is 2.30. The molecule has 228 valence electrons. The van der Waals surface area contributed by atoms with Gasteiger partial charge in [-0.25, -0.2) is 0 Å². The summed E-state index contributed by atoms with van der Waals surface area (Å²) in [6, 6.07) is 11.6. The number of ether oxygens (including phenoxy) is 7. The Kier molecular flexibility index (Phi) is 12.7. The zero-order chi connectivity index (χ0) is 30.5. The minimum absolute atomic E-state index is 0.222. The lowest BCUT2D eigenvalue weighted by Gasteiger charge is -2.44. The second-order valence-corrected chi connectivity index (χ2v) is 9.69. The minimum Gasteiger partial charge on any atom is -0.489 e. The monoisotopic (exact) mass is 587 g/mol. The maximum Gasteiger partial charge on any atom is 0.303 e. The van der Waals surface area contributed by atoms with Gasteiger partial charge in [-0.15, -0.1) is 0 Å². The van der Waals surface area contributed by atoms with Crippen LogP contribution in [-0.2, 0) is 60.6 Å². The fourth-order valence-corrected chi connectivity index (χ4v) is 4.36. The van der Waals surface area contributed by atoms with Crippen molar-refractivity contribution in [3.05, 3.63) is 59.9 Å². The first-order chi connectivity index (χ1) is 20.1. The quantitative estimate of drug-likeness (QED) is 0.182. The van der Waals surface area contributed by atoms with Crippen molar-refractivity contribution >= 4 is 23.9 Å². The normalized spacial score (nSPS) is 21.6. The van der Waals surface area contributed by atoms with Gasteiger partial charge in [0.25, 0.3) is 0 Å². The van der Waals surface area contributed by atoms with Gasteiger partial charge in [0.15, 0.2) is 24.6 Å². The molecule has 5 atom stereocenters. The molecule has 12 nitrogen and oxygen atoms in total. The molecular weight excluding hydrogens is 550 g/mol. The van der Waals surface area contributed by atoms with Gasteiger partial charge < -0.3 is 33.2 Å². The molecule has 2 aromatic rings. The van der Waals surface area contributed by atoms with Crippen LogP contribution in [0.15, 0.2) is 48.8 Å². The average Bonchev–Trinajstić information content (AvgIpc) is 2.94. The highest BCUT2D eigenvalue weighted by molar-refractivity contribution is 5.68. The number of nitrogens with zero attached hydrogens (tertiary/aromatic N) is 1. The maximum atomic E-state index is 11.9. The van der Waals surface area contributed by atoms with E-state index in [4.69, 9.17) is 33.2 Å². The van der Waals surface area contributed by atoms with E-state index in [1.807, 2.05) is 36.4 Å². The molecule has 0 spiro atoms. The number of unbranched alkanes of at least 4 members (excludes halogenated alkanes) is 1. The van der Waals surface area contributed by atoms with Crippen LogP contribution in [0, 0.1) is 0 Å². The summed E-state index contributed by atoms with van der Waals surface area (Å²) in [4.78, 5) is 51.2. The fraction of sp³-hybridized carbons (Fsp3) is 0.500. The number of aryl methyl sites for hydroxylation is 1. The molecule has 1 aliphatic heterocycles. The summed E-state index contributed by atoms with van der Waals surface area (Å²) in [6.07, 6.45) is -0.258. The van der Waals surface area contributed by atoms with Crippen LogP contribution in [-0.4, -0.2) is 72.8 Å². The molecule has 1 aromatic heterocycles. The van der Waals surface area contributed by atoms with Crippen LogP contribution in [0.25, 0.3) is 0 Å². The van der Waals surface area contributed by atoms with Crippen molar-refractivity contribution < 1.29 is 52.3 Å². The van der Waals surface area contributed by atoms with E-state index in [1.165, 1.54) is 27.7 Å². The van der Waals surface area contributed by atoms with E-state index in [-0.39, 0.29) is 13.2 Å². The van der Waals surface area contributed by atoms with E-state index in [0.717, 1.165) is 29.7 Å². The van der Waals surface area contributed by atoms with Gasteiger partial charge >= 0.3 is 23.9 Å². The van der Waals surface area contributed by atoms with Crippen molar-refractivity contribution in [3.63, 3.8) is 0 Å². The van der Waals surface area contributed by atoms with E-state index in [2.05, 4.69) is 4.98 Å². The number of esters is 4. The number of rotatable bonds is 14. The SMILES string of the molecule is CC(=O)OC[C@H]1O[C@@H](OCCCCc2ccc(OCc3cccnc3)cc2)[C@H](OC(C)=O)[C@@H](OC(C)=O)[C@@H]1OC(C)=O. The number of pyridine rings is 1. The summed E-state index contributed by atoms with van der Waals surface area (Å²) < 4.78 is 38.9. The fourth-order valence-electron chi connectivity index (χ4n) is 4.36. The largest absolute Gasteiger partial charge is 0.489 e. The third-order valence-electron chi connectivity index (χ3n) is 6.14. The topological polar surface area (TPSA) is 146 Å². The van der Waals surface area contributed by atoms with Crippen molar-refractivity contribution in [1.82, 2.24) is 4.98 Å². The molecule has 0 saturated carbocycles. The molecule has 0 amide bonds. The predicted molar refractivity (Wildman–Crippen MR) is 146 cm³/mol. The summed E-state index contributed by atoms with van der Waals surface area (Å²) in [5.41, 5.74) is 2.11. The molecule has 0 radical (unpaired) electrons. The number of hydrogen-bond acceptors (Lipinski definition) is 12. The van der Waals surface area contributed by atoms with Crippen LogP contribution < -0.4 is 4.74 Å². The molecular formula is C30H37NO11. The second-order valence-electron chi connectivity index (χ2n) is 9.69. The zero-order valence-electron chi connectivity index (χ0n) is 24.2. The Hall–Kier alpha value is -4.03. The summed E-state index contributed by atoms with van der Waals surface area (Å²) in [5, 5.41) is 0. The van der Waals surface area contributed by atoms with Crippen LogP contribution in [0.3, 0.4) is 0 Å². The Bertz CT molecular complexity index is 1170. The first kappa shape index (κ1) is 32.5. The summed E-state index contributed by atoms with van der Waals surface area (Å²) in [7, 11) is 0. The number of aromatic nitrogens is 1. The van der Waals surface area contributed by atoms with Gasteiger partial charge in [-0.1, -0.05) is 18.2 Å². The summed E-state index contributed by atoms with van der Waals surface area (Å²) >= 11 is 0. The minimum atomic E-state index is -1.26. The van der Waals surface area contributed by atoms with Crippen LogP contribution in [0.1, 0.15) is 51.7 Å². The summed E-state index contributed by atoms with van der Waals surface area (Å²) in [5.74, 6) is -1.90. The van der Waals surface area contributed by atoms with Gasteiger partial charge in [-0.2, -0.15) is 0 Å². The smallest absolute Gasteiger partial charge is 0.303 e. The van der Waals surface area contributed by atoms with Gasteiger partial charge in [0.1, 0.15) is 25.1 Å². The molecule has 0 N–H and O–H groups in total. The molecule has 0 bridgehead atoms. The van der Waals surface area contributed by atoms with Crippen molar-refractivity contribution in [2.24, 2.45) is 0 Å². The molecule has 1 saturated heterocycles. The number of carbonyl (C=O) groups excluding carboxylic acids is 4. The van der Waals surface area contributed by atoms with Crippen molar-refractivity contribution in [2.75, 3.05) is 13.2 Å². The highest BCUT2D eigenvalue weighted by atomic mass is 16.7. The first-order valence-electron chi connectivity index (χ1n) is 13.6. The molecule has 1 aliphatic rings. The van der Waals surface area contributed by atoms with Gasteiger partial charge in [0, 0.05) is 52.3 Å². The molecule has 0 unspecified atom stereocenters. The van der Waals surface area contributed by atoms with Crippen LogP contribution in [0.2, 0.25) is 0 Å². The predicted octanol–water partition coefficient (Wildman–Crippen LogP) is 3.08. The summed E-state index contributed by atoms with van der Waals surface area (Å²) in [6.45, 7) is 5.08. The average molecular weight is 588 g/mol. The molecule has 1 aromatic carbocycles. The zero-order valence-corrected chi connectivity index (χ0v) is 24.2. The van der Waals surface area contributed by atoms with E-state index in [1.54, 1.807) is 12.4 Å². The van der Waals surface area contributed by atoms with Gasteiger partial charge in [0.05, 0.1) is 0 Å². The molecule has 0 aliphatic carbocycles. The van der Waals surface area contributed by atoms with E-state index in [9.17, 15) is 19.2 Å². The van der Waals surface area contributed by atoms with E-state index >= 15 is 0 Å². The van der Waals surface area contributed by atoms with Crippen LogP contribution in [0.5, 0.6) is 5.75 Å². The number of hydrogen-bond donors (Lipinski definition) is 0. The van der Waals surface area contributed by atoms with Gasteiger partial charge in [-0.05, 0) is 43.0 Å². The van der Waals surface area contributed by atoms with Gasteiger partial charge in [0.2, 0.25) is 0 Å². The Morgan fingerprint density at radius 1 is 0.786 bits per heavy atom. The van der Waals surface area contributed by atoms with Crippen molar-refractivity contribution in [1.29, 1.82) is 0 Å². The van der Waals surface area contributed by atoms with Crippen molar-refractivity contribution in [2.45, 2.75) is 84.3 Å². The van der Waals surface area contributed by atoms with Crippen molar-refractivity contribution in [3.8, 4) is 5.75 Å². The third kappa shape index (κ3) is 10.7. The van der Waals surface area contributed by atoms with Crippen LogP contribution in [0.4, 0.5) is 0 Å². The Morgan fingerprint density at radius 3 is 2.07 bits per heavy atom. The lowest BCUT2D eigenvalue weighted by molar-refractivity contribution is -0.308. The standard InChI is InChI=1S/C30H37NO11/c1-19(32)37-18-26-27(39-20(2)33)28(40-21(3)34)29(41-22(4)35)30(42-26)36-15-6-5-8-23-10-12-25(13-11-23)38-17-24-9-7-14-31-16-24/h7,9-14,16,26-30H,5-6,8,15,17-18H2,1-4H3/t26-,27-,28+,29-,30-/m1/s1. The number of carbonyl (C=O) groups is 4. The Balaban J connectivity index is 1.58. The number of benzene rings is 1. The highest BCUT2D eigenvalue weighted by Gasteiger charge is 2.52. The second kappa shape index (κ2) is 16.4. The molecule has 12 heteroatoms. The Labute approximate surface area is 244 Å². The van der Waals surface area contributed by atoms with Gasteiger partial charge in [-0.3, -0.25) is 24.2 Å². The van der Waals surface area contributed by atoms with E-state index in [0.29, 0.717) is 13.0 Å². The maximum absolute atomic E-state index is 11.9. The molecule has 2 heterocycles. The van der Waals surface area contributed by atoms with E-state index < -0.39 is 54.6 Å². The first-order valence-corrected chi connectivity index (χ1v) is 13.6. The molecule has 42 heavy (non-hydrogen) atoms. The lowest BCUT2D eigenvalue weighted by Crippen LogP contribution is -2.63. The molecule has 3 rings (SSSR count).